The number of nitrogens with zero attached hydrogens (tertiary/aromatic N) is 3. The van der Waals surface area contributed by atoms with E-state index in [0.717, 1.165) is 24.7 Å². The van der Waals surface area contributed by atoms with Gasteiger partial charge in [0.15, 0.2) is 0 Å². The molecule has 21 heavy (non-hydrogen) atoms. The summed E-state index contributed by atoms with van der Waals surface area (Å²) in [5.74, 6) is 2.32. The van der Waals surface area contributed by atoms with Crippen molar-refractivity contribution in [3.05, 3.63) is 11.9 Å². The van der Waals surface area contributed by atoms with Gasteiger partial charge in [-0.1, -0.05) is 13.8 Å². The minimum atomic E-state index is 0.390. The first-order valence-corrected chi connectivity index (χ1v) is 8.19. The van der Waals surface area contributed by atoms with Crippen molar-refractivity contribution in [1.82, 2.24) is 14.9 Å². The van der Waals surface area contributed by atoms with E-state index < -0.39 is 0 Å². The summed E-state index contributed by atoms with van der Waals surface area (Å²) in [6.07, 6.45) is 4.32. The molecule has 1 atom stereocenters. The van der Waals surface area contributed by atoms with E-state index in [1.807, 2.05) is 0 Å². The smallest absolute Gasteiger partial charge is 0.135 e. The van der Waals surface area contributed by atoms with Crippen LogP contribution in [0.2, 0.25) is 0 Å². The third kappa shape index (κ3) is 4.30. The van der Waals surface area contributed by atoms with Gasteiger partial charge < -0.3 is 15.5 Å². The zero-order chi connectivity index (χ0) is 15.2. The molecule has 0 aliphatic carbocycles. The molecule has 0 aromatic carbocycles. The summed E-state index contributed by atoms with van der Waals surface area (Å²) in [5, 5.41) is 6.93. The number of nitrogens with one attached hydrogen (secondary N) is 2. The van der Waals surface area contributed by atoms with Crippen molar-refractivity contribution >= 4 is 11.6 Å². The van der Waals surface area contributed by atoms with Crippen LogP contribution in [0.4, 0.5) is 11.6 Å². The van der Waals surface area contributed by atoms with E-state index in [-0.39, 0.29) is 0 Å². The van der Waals surface area contributed by atoms with Crippen molar-refractivity contribution < 1.29 is 0 Å². The Morgan fingerprint density at radius 3 is 2.43 bits per heavy atom. The molecule has 1 aromatic rings. The lowest BCUT2D eigenvalue weighted by atomic mass is 10.0. The van der Waals surface area contributed by atoms with Crippen LogP contribution in [0.5, 0.6) is 0 Å². The summed E-state index contributed by atoms with van der Waals surface area (Å²) in [4.78, 5) is 11.4. The standard InChI is InChI=1S/C16H29N5/c1-5-17-15-14(12(2)3)16(19-11-18-15)20-13(4)10-21-8-6-7-9-21/h11-13H,5-10H2,1-4H3,(H2,17,18,19,20). The van der Waals surface area contributed by atoms with Crippen LogP contribution in [-0.4, -0.2) is 47.1 Å². The third-order valence-electron chi connectivity index (χ3n) is 3.92. The Balaban J connectivity index is 2.08. The molecule has 1 aliphatic heterocycles. The van der Waals surface area contributed by atoms with Crippen LogP contribution in [0, 0.1) is 0 Å². The van der Waals surface area contributed by atoms with Gasteiger partial charge in [0.25, 0.3) is 0 Å². The maximum atomic E-state index is 4.48. The molecular weight excluding hydrogens is 262 g/mol. The number of likely N-dealkylation sites (tertiary alicyclic amines) is 1. The predicted molar refractivity (Wildman–Crippen MR) is 89.0 cm³/mol. The molecule has 0 saturated carbocycles. The third-order valence-corrected chi connectivity index (χ3v) is 3.92. The molecule has 5 heteroatoms. The maximum Gasteiger partial charge on any atom is 0.135 e. The highest BCUT2D eigenvalue weighted by molar-refractivity contribution is 5.59. The van der Waals surface area contributed by atoms with Gasteiger partial charge in [0.05, 0.1) is 0 Å². The van der Waals surface area contributed by atoms with Gasteiger partial charge in [-0.2, -0.15) is 0 Å². The van der Waals surface area contributed by atoms with E-state index in [9.17, 15) is 0 Å². The molecule has 5 nitrogen and oxygen atoms in total. The molecule has 118 valence electrons. The SMILES string of the molecule is CCNc1ncnc(NC(C)CN2CCCC2)c1C(C)C. The fourth-order valence-electron chi connectivity index (χ4n) is 3.00. The molecule has 1 aliphatic rings. The lowest BCUT2D eigenvalue weighted by Gasteiger charge is -2.24. The van der Waals surface area contributed by atoms with E-state index >= 15 is 0 Å². The van der Waals surface area contributed by atoms with Gasteiger partial charge in [0, 0.05) is 24.7 Å². The lowest BCUT2D eigenvalue weighted by molar-refractivity contribution is 0.327. The first-order chi connectivity index (χ1) is 10.1. The average Bonchev–Trinajstić information content (AvgIpc) is 2.91. The molecule has 0 spiro atoms. The number of rotatable bonds is 7. The normalized spacial score (nSPS) is 17.2. The van der Waals surface area contributed by atoms with E-state index in [2.05, 4.69) is 53.2 Å². The Morgan fingerprint density at radius 1 is 1.14 bits per heavy atom. The largest absolute Gasteiger partial charge is 0.370 e. The van der Waals surface area contributed by atoms with E-state index in [0.29, 0.717) is 12.0 Å². The minimum absolute atomic E-state index is 0.390. The van der Waals surface area contributed by atoms with Crippen LogP contribution in [0.3, 0.4) is 0 Å². The van der Waals surface area contributed by atoms with E-state index in [1.165, 1.54) is 31.5 Å². The topological polar surface area (TPSA) is 53.1 Å². The zero-order valence-electron chi connectivity index (χ0n) is 13.8. The molecule has 1 saturated heterocycles. The molecule has 2 N–H and O–H groups in total. The molecule has 2 heterocycles. The number of hydrogen-bond acceptors (Lipinski definition) is 5. The second-order valence-electron chi connectivity index (χ2n) is 6.22. The first-order valence-electron chi connectivity index (χ1n) is 8.19. The van der Waals surface area contributed by atoms with Gasteiger partial charge in [-0.3, -0.25) is 0 Å². The molecular formula is C16H29N5. The van der Waals surface area contributed by atoms with Gasteiger partial charge in [-0.15, -0.1) is 0 Å². The lowest BCUT2D eigenvalue weighted by Crippen LogP contribution is -2.33. The van der Waals surface area contributed by atoms with Gasteiger partial charge in [-0.05, 0) is 45.7 Å². The van der Waals surface area contributed by atoms with Crippen LogP contribution in [0.15, 0.2) is 6.33 Å². The average molecular weight is 291 g/mol. The minimum Gasteiger partial charge on any atom is -0.370 e. The summed E-state index contributed by atoms with van der Waals surface area (Å²) in [5.41, 5.74) is 1.19. The van der Waals surface area contributed by atoms with Gasteiger partial charge in [0.1, 0.15) is 18.0 Å². The predicted octanol–water partition coefficient (Wildman–Crippen LogP) is 2.93. The van der Waals surface area contributed by atoms with Crippen LogP contribution in [0.25, 0.3) is 0 Å². The summed E-state index contributed by atoms with van der Waals surface area (Å²) in [7, 11) is 0. The number of aromatic nitrogens is 2. The number of hydrogen-bond donors (Lipinski definition) is 2. The Bertz CT molecular complexity index is 440. The number of anilines is 2. The molecule has 1 fully saturated rings. The Kier molecular flexibility index (Phi) is 5.79. The van der Waals surface area contributed by atoms with Crippen molar-refractivity contribution in [3.63, 3.8) is 0 Å². The highest BCUT2D eigenvalue weighted by Gasteiger charge is 2.18. The van der Waals surface area contributed by atoms with Crippen molar-refractivity contribution in [2.75, 3.05) is 36.8 Å². The highest BCUT2D eigenvalue weighted by Crippen LogP contribution is 2.28. The second kappa shape index (κ2) is 7.59. The molecule has 0 amide bonds. The van der Waals surface area contributed by atoms with E-state index in [1.54, 1.807) is 6.33 Å². The van der Waals surface area contributed by atoms with Crippen LogP contribution in [0.1, 0.15) is 52.0 Å². The van der Waals surface area contributed by atoms with Gasteiger partial charge in [-0.25, -0.2) is 9.97 Å². The molecule has 0 radical (unpaired) electrons. The molecule has 1 unspecified atom stereocenters. The monoisotopic (exact) mass is 291 g/mol. The maximum absolute atomic E-state index is 4.48. The first kappa shape index (κ1) is 16.0. The summed E-state index contributed by atoms with van der Waals surface area (Å²) in [6.45, 7) is 13.1. The van der Waals surface area contributed by atoms with Crippen molar-refractivity contribution in [3.8, 4) is 0 Å². The summed E-state index contributed by atoms with van der Waals surface area (Å²) in [6, 6.07) is 0.393. The quantitative estimate of drug-likeness (QED) is 0.809. The summed E-state index contributed by atoms with van der Waals surface area (Å²) >= 11 is 0. The Hall–Kier alpha value is -1.36. The van der Waals surface area contributed by atoms with Crippen LogP contribution in [-0.2, 0) is 0 Å². The zero-order valence-corrected chi connectivity index (χ0v) is 13.8. The molecule has 0 bridgehead atoms. The Morgan fingerprint density at radius 2 is 1.81 bits per heavy atom. The van der Waals surface area contributed by atoms with Crippen molar-refractivity contribution in [2.24, 2.45) is 0 Å². The van der Waals surface area contributed by atoms with Crippen LogP contribution < -0.4 is 10.6 Å². The highest BCUT2D eigenvalue weighted by atomic mass is 15.2. The van der Waals surface area contributed by atoms with Crippen molar-refractivity contribution in [1.29, 1.82) is 0 Å². The molecule has 1 aromatic heterocycles. The van der Waals surface area contributed by atoms with Gasteiger partial charge in [0.2, 0.25) is 0 Å². The Labute approximate surface area is 128 Å². The van der Waals surface area contributed by atoms with Crippen molar-refractivity contribution in [2.45, 2.75) is 52.5 Å². The van der Waals surface area contributed by atoms with Gasteiger partial charge >= 0.3 is 0 Å². The fraction of sp³-hybridized carbons (Fsp3) is 0.750. The molecule has 2 rings (SSSR count). The summed E-state index contributed by atoms with van der Waals surface area (Å²) < 4.78 is 0. The second-order valence-corrected chi connectivity index (χ2v) is 6.22. The van der Waals surface area contributed by atoms with E-state index in [4.69, 9.17) is 0 Å². The fourth-order valence-corrected chi connectivity index (χ4v) is 3.00. The van der Waals surface area contributed by atoms with Crippen LogP contribution >= 0.6 is 0 Å².